The zero-order chi connectivity index (χ0) is 27.9. The molecule has 0 aromatic carbocycles. The number of aliphatic carboxylic acids is 1. The van der Waals surface area contributed by atoms with E-state index in [4.69, 9.17) is 19.9 Å². The van der Waals surface area contributed by atoms with Gasteiger partial charge >= 0.3 is 13.8 Å². The average Bonchev–Trinajstić information content (AvgIpc) is 3.19. The van der Waals surface area contributed by atoms with Crippen LogP contribution in [0.1, 0.15) is 105 Å². The number of phosphoric acid groups is 1. The molecule has 4 aliphatic carbocycles. The summed E-state index contributed by atoms with van der Waals surface area (Å²) in [6, 6.07) is -1.36. The second-order valence-corrected chi connectivity index (χ2v) is 15.4. The van der Waals surface area contributed by atoms with Crippen LogP contribution in [0.3, 0.4) is 0 Å². The van der Waals surface area contributed by atoms with Crippen LogP contribution in [0.5, 0.6) is 0 Å². The van der Waals surface area contributed by atoms with Gasteiger partial charge in [-0.3, -0.25) is 13.8 Å². The fourth-order valence-electron chi connectivity index (χ4n) is 9.21. The van der Waals surface area contributed by atoms with Crippen molar-refractivity contribution in [1.29, 1.82) is 0 Å². The molecule has 0 aromatic heterocycles. The van der Waals surface area contributed by atoms with Gasteiger partial charge in [0.05, 0.1) is 12.7 Å². The number of fused-ring (bicyclic) bond motifs is 5. The van der Waals surface area contributed by atoms with Gasteiger partial charge in [0.2, 0.25) is 0 Å². The molecule has 0 bridgehead atoms. The Kier molecular flexibility index (Phi) is 9.27. The van der Waals surface area contributed by atoms with E-state index in [0.29, 0.717) is 24.2 Å². The molecule has 0 amide bonds. The number of carboxylic acids is 1. The number of phosphoric ester groups is 1. The molecule has 8 heteroatoms. The zero-order valence-corrected chi connectivity index (χ0v) is 25.1. The third-order valence-corrected chi connectivity index (χ3v) is 12.3. The highest BCUT2D eigenvalue weighted by atomic mass is 31.2. The monoisotopic (exact) mass is 553 g/mol. The summed E-state index contributed by atoms with van der Waals surface area (Å²) in [4.78, 5) is 21.1. The van der Waals surface area contributed by atoms with Gasteiger partial charge in [0.15, 0.2) is 0 Å². The van der Waals surface area contributed by atoms with Crippen molar-refractivity contribution in [2.75, 3.05) is 6.61 Å². The van der Waals surface area contributed by atoms with Crippen LogP contribution in [0.25, 0.3) is 0 Å². The van der Waals surface area contributed by atoms with E-state index in [1.807, 2.05) is 0 Å². The third kappa shape index (κ3) is 6.12. The Morgan fingerprint density at radius 2 is 1.87 bits per heavy atom. The number of nitrogens with two attached hydrogens (primary N) is 1. The van der Waals surface area contributed by atoms with Gasteiger partial charge in [0, 0.05) is 0 Å². The summed E-state index contributed by atoms with van der Waals surface area (Å²) in [5.41, 5.74) is 7.36. The van der Waals surface area contributed by atoms with Gasteiger partial charge in [-0.05, 0) is 97.7 Å². The van der Waals surface area contributed by atoms with Gasteiger partial charge in [-0.1, -0.05) is 65.5 Å². The molecule has 4 N–H and O–H groups in total. The molecule has 4 aliphatic rings. The van der Waals surface area contributed by atoms with Crippen molar-refractivity contribution in [3.63, 3.8) is 0 Å². The molecule has 7 nitrogen and oxygen atoms in total. The number of allylic oxidation sites excluding steroid dienone is 1. The third-order valence-electron chi connectivity index (χ3n) is 11.3. The minimum absolute atomic E-state index is 0.122. The average molecular weight is 554 g/mol. The Morgan fingerprint density at radius 1 is 1.13 bits per heavy atom. The SMILES string of the molecule is CC(C)CCC[C@@H](C)[C@H]1CC[C@H]2[C@@H]3CC=C4C[C@@H](OP(=O)(O)OC[C@H](N)C(=O)O)CC[C@]4(C)[C@H]3CC[C@]12C. The van der Waals surface area contributed by atoms with Crippen LogP contribution in [0.2, 0.25) is 0 Å². The first-order valence-electron chi connectivity index (χ1n) is 15.1. The van der Waals surface area contributed by atoms with Crippen molar-refractivity contribution >= 4 is 13.8 Å². The van der Waals surface area contributed by atoms with E-state index < -0.39 is 32.5 Å². The molecule has 0 spiro atoms. The minimum atomic E-state index is -4.38. The van der Waals surface area contributed by atoms with Crippen LogP contribution in [-0.2, 0) is 18.4 Å². The summed E-state index contributed by atoms with van der Waals surface area (Å²) in [6.07, 6.45) is 14.8. The first-order chi connectivity index (χ1) is 17.8. The Labute approximate surface area is 229 Å². The highest BCUT2D eigenvalue weighted by Gasteiger charge is 2.59. The van der Waals surface area contributed by atoms with Gasteiger partial charge < -0.3 is 15.7 Å². The van der Waals surface area contributed by atoms with Crippen molar-refractivity contribution in [2.45, 2.75) is 117 Å². The molecule has 218 valence electrons. The lowest BCUT2D eigenvalue weighted by molar-refractivity contribution is -0.139. The Morgan fingerprint density at radius 3 is 2.55 bits per heavy atom. The molecule has 10 atom stereocenters. The van der Waals surface area contributed by atoms with E-state index in [2.05, 4.69) is 40.7 Å². The highest BCUT2D eigenvalue weighted by molar-refractivity contribution is 7.47. The fourth-order valence-corrected chi connectivity index (χ4v) is 10.2. The molecule has 0 radical (unpaired) electrons. The molecular formula is C30H52NO6P. The number of hydrogen-bond acceptors (Lipinski definition) is 5. The van der Waals surface area contributed by atoms with Gasteiger partial charge in [0.1, 0.15) is 6.04 Å². The summed E-state index contributed by atoms with van der Waals surface area (Å²) in [6.45, 7) is 11.7. The second kappa shape index (κ2) is 11.6. The topological polar surface area (TPSA) is 119 Å². The molecule has 0 aromatic rings. The van der Waals surface area contributed by atoms with E-state index in [1.165, 1.54) is 50.5 Å². The lowest BCUT2D eigenvalue weighted by Gasteiger charge is -2.58. The van der Waals surface area contributed by atoms with E-state index >= 15 is 0 Å². The molecule has 3 saturated carbocycles. The molecular weight excluding hydrogens is 501 g/mol. The Hall–Kier alpha value is -0.720. The smallest absolute Gasteiger partial charge is 0.472 e. The molecule has 0 heterocycles. The predicted octanol–water partition coefficient (Wildman–Crippen LogP) is 6.94. The summed E-state index contributed by atoms with van der Waals surface area (Å²) in [5.74, 6) is 3.36. The van der Waals surface area contributed by atoms with Gasteiger partial charge in [-0.15, -0.1) is 0 Å². The number of carboxylic acid groups (broad SMARTS) is 1. The first kappa shape index (κ1) is 30.2. The van der Waals surface area contributed by atoms with Crippen molar-refractivity contribution in [3.05, 3.63) is 11.6 Å². The highest BCUT2D eigenvalue weighted by Crippen LogP contribution is 2.67. The number of rotatable bonds is 11. The van der Waals surface area contributed by atoms with Crippen LogP contribution in [0.15, 0.2) is 11.6 Å². The van der Waals surface area contributed by atoms with Gasteiger partial charge in [0.25, 0.3) is 0 Å². The summed E-state index contributed by atoms with van der Waals surface area (Å²) < 4.78 is 22.9. The standard InChI is InChI=1S/C30H52NO6P/c1-19(2)7-6-8-20(3)24-11-12-25-23-10-9-21-17-22(37-38(34,35)36-18-27(31)28(32)33)13-15-29(21,4)26(23)14-16-30(24,25)5/h9,19-20,22-27H,6-8,10-18,31H2,1-5H3,(H,32,33)(H,34,35)/t20-,22+,23+,24-,25+,26+,27+,29+,30-/m1/s1. The lowest BCUT2D eigenvalue weighted by atomic mass is 9.47. The van der Waals surface area contributed by atoms with E-state index in [-0.39, 0.29) is 5.41 Å². The molecule has 3 fully saturated rings. The van der Waals surface area contributed by atoms with Crippen LogP contribution in [0, 0.1) is 46.3 Å². The van der Waals surface area contributed by atoms with Crippen molar-refractivity contribution in [3.8, 4) is 0 Å². The first-order valence-corrected chi connectivity index (χ1v) is 16.6. The van der Waals surface area contributed by atoms with E-state index in [1.54, 1.807) is 0 Å². The van der Waals surface area contributed by atoms with E-state index in [9.17, 15) is 14.3 Å². The maximum absolute atomic E-state index is 12.5. The van der Waals surface area contributed by atoms with E-state index in [0.717, 1.165) is 42.4 Å². The Bertz CT molecular complexity index is 938. The van der Waals surface area contributed by atoms with Crippen LogP contribution in [0.4, 0.5) is 0 Å². The van der Waals surface area contributed by atoms with Gasteiger partial charge in [-0.25, -0.2) is 4.57 Å². The van der Waals surface area contributed by atoms with Crippen LogP contribution >= 0.6 is 7.82 Å². The largest absolute Gasteiger partial charge is 0.480 e. The number of carbonyl (C=O) groups is 1. The van der Waals surface area contributed by atoms with Crippen LogP contribution < -0.4 is 5.73 Å². The summed E-state index contributed by atoms with van der Waals surface area (Å²) >= 11 is 0. The molecule has 4 rings (SSSR count). The number of hydrogen-bond donors (Lipinski definition) is 3. The van der Waals surface area contributed by atoms with Gasteiger partial charge in [-0.2, -0.15) is 0 Å². The Balaban J connectivity index is 1.39. The quantitative estimate of drug-likeness (QED) is 0.187. The van der Waals surface area contributed by atoms with Crippen LogP contribution in [-0.4, -0.2) is 34.7 Å². The molecule has 38 heavy (non-hydrogen) atoms. The molecule has 0 saturated heterocycles. The van der Waals surface area contributed by atoms with Crippen molar-refractivity contribution in [2.24, 2.45) is 52.1 Å². The minimum Gasteiger partial charge on any atom is -0.480 e. The van der Waals surface area contributed by atoms with Crippen molar-refractivity contribution < 1.29 is 28.4 Å². The normalized spacial score (nSPS) is 39.9. The summed E-state index contributed by atoms with van der Waals surface area (Å²) in [5, 5.41) is 8.89. The maximum atomic E-state index is 12.5. The molecule has 0 aliphatic heterocycles. The summed E-state index contributed by atoms with van der Waals surface area (Å²) in [7, 11) is -4.38. The van der Waals surface area contributed by atoms with Crippen molar-refractivity contribution in [1.82, 2.24) is 0 Å². The zero-order valence-electron chi connectivity index (χ0n) is 24.2. The fraction of sp³-hybridized carbons (Fsp3) is 0.900. The maximum Gasteiger partial charge on any atom is 0.472 e. The lowest BCUT2D eigenvalue weighted by Crippen LogP contribution is -2.51. The predicted molar refractivity (Wildman–Crippen MR) is 149 cm³/mol. The second-order valence-electron chi connectivity index (χ2n) is 14.0. The molecule has 1 unspecified atom stereocenters.